The Morgan fingerprint density at radius 3 is 2.00 bits per heavy atom. The van der Waals surface area contributed by atoms with Gasteiger partial charge in [0, 0.05) is 6.26 Å². The molecule has 5 nitrogen and oxygen atoms in total. The number of sulfone groups is 1. The van der Waals surface area contributed by atoms with E-state index in [1.54, 1.807) is 24.3 Å². The van der Waals surface area contributed by atoms with Gasteiger partial charge in [0.05, 0.1) is 0 Å². The lowest BCUT2D eigenvalue weighted by atomic mass is 10.2. The highest BCUT2D eigenvalue weighted by Gasteiger charge is 2.16. The molecule has 0 bridgehead atoms. The number of rotatable bonds is 2. The predicted molar refractivity (Wildman–Crippen MR) is 59.8 cm³/mol. The van der Waals surface area contributed by atoms with Crippen LogP contribution in [0, 0.1) is 0 Å². The maximum Gasteiger partial charge on any atom is 0.432 e. The van der Waals surface area contributed by atoms with Gasteiger partial charge >= 0.3 is 7.69 Å². The van der Waals surface area contributed by atoms with Gasteiger partial charge in [-0.25, -0.2) is 8.42 Å². The molecule has 0 aliphatic heterocycles. The second kappa shape index (κ2) is 6.57. The SMILES string of the molecule is CS(=O)(=O)C(N)c1ccccc1.OBO. The summed E-state index contributed by atoms with van der Waals surface area (Å²) in [5.74, 6) is 0. The summed E-state index contributed by atoms with van der Waals surface area (Å²) in [5, 5.41) is 13.3. The van der Waals surface area contributed by atoms with Crippen LogP contribution in [0.1, 0.15) is 10.9 Å². The standard InChI is InChI=1S/C8H11NO2S.BH3O2/c1-12(10,11)8(9)7-5-3-2-4-6-7;2-1-3/h2-6,8H,9H2,1H3;1-3H. The molecule has 0 aromatic heterocycles. The average Bonchev–Trinajstić information content (AvgIpc) is 2.18. The van der Waals surface area contributed by atoms with E-state index in [-0.39, 0.29) is 0 Å². The number of nitrogens with two attached hydrogens (primary N) is 1. The number of hydrogen-bond donors (Lipinski definition) is 3. The quantitative estimate of drug-likeness (QED) is 0.562. The zero-order chi connectivity index (χ0) is 11.9. The molecule has 0 amide bonds. The van der Waals surface area contributed by atoms with E-state index in [1.807, 2.05) is 6.07 Å². The van der Waals surface area contributed by atoms with Crippen LogP contribution in [0.2, 0.25) is 0 Å². The maximum atomic E-state index is 11.0. The molecule has 1 aromatic carbocycles. The van der Waals surface area contributed by atoms with E-state index in [9.17, 15) is 8.42 Å². The molecule has 15 heavy (non-hydrogen) atoms. The zero-order valence-corrected chi connectivity index (χ0v) is 9.18. The lowest BCUT2D eigenvalue weighted by Gasteiger charge is -2.08. The average molecular weight is 231 g/mol. The van der Waals surface area contributed by atoms with Gasteiger partial charge in [-0.05, 0) is 5.56 Å². The Balaban J connectivity index is 0.000000583. The summed E-state index contributed by atoms with van der Waals surface area (Å²) in [7, 11) is -3.93. The molecule has 84 valence electrons. The molecule has 4 N–H and O–H groups in total. The third-order valence-corrected chi connectivity index (χ3v) is 2.78. The molecule has 0 heterocycles. The summed E-state index contributed by atoms with van der Waals surface area (Å²) < 4.78 is 22.0. The molecule has 0 spiro atoms. The molecule has 0 saturated heterocycles. The summed E-state index contributed by atoms with van der Waals surface area (Å²) in [5.41, 5.74) is 6.11. The van der Waals surface area contributed by atoms with Crippen LogP contribution in [0.4, 0.5) is 0 Å². The van der Waals surface area contributed by atoms with Crippen molar-refractivity contribution in [2.45, 2.75) is 5.37 Å². The highest BCUT2D eigenvalue weighted by Crippen LogP contribution is 2.14. The largest absolute Gasteiger partial charge is 0.432 e. The van der Waals surface area contributed by atoms with Crippen LogP contribution in [0.5, 0.6) is 0 Å². The first-order valence-electron chi connectivity index (χ1n) is 4.14. The number of benzene rings is 1. The van der Waals surface area contributed by atoms with Crippen LogP contribution >= 0.6 is 0 Å². The van der Waals surface area contributed by atoms with Crippen molar-refractivity contribution in [3.05, 3.63) is 35.9 Å². The van der Waals surface area contributed by atoms with Crippen molar-refractivity contribution in [2.75, 3.05) is 6.26 Å². The van der Waals surface area contributed by atoms with Gasteiger partial charge in [-0.3, -0.25) is 0 Å². The van der Waals surface area contributed by atoms with Crippen molar-refractivity contribution in [1.29, 1.82) is 0 Å². The topological polar surface area (TPSA) is 101 Å². The lowest BCUT2D eigenvalue weighted by Crippen LogP contribution is -2.20. The molecule has 0 fully saturated rings. The summed E-state index contributed by atoms with van der Waals surface area (Å²) >= 11 is 0. The van der Waals surface area contributed by atoms with Gasteiger partial charge in [-0.2, -0.15) is 0 Å². The molecule has 0 saturated carbocycles. The molecule has 1 atom stereocenters. The van der Waals surface area contributed by atoms with Gasteiger partial charge < -0.3 is 15.8 Å². The van der Waals surface area contributed by atoms with E-state index < -0.39 is 22.9 Å². The molecule has 0 radical (unpaired) electrons. The Morgan fingerprint density at radius 2 is 1.67 bits per heavy atom. The third kappa shape index (κ3) is 5.53. The second-order valence-corrected chi connectivity index (χ2v) is 4.97. The molecular weight excluding hydrogens is 217 g/mol. The van der Waals surface area contributed by atoms with Crippen molar-refractivity contribution in [2.24, 2.45) is 5.73 Å². The van der Waals surface area contributed by atoms with Crippen molar-refractivity contribution >= 4 is 17.5 Å². The van der Waals surface area contributed by atoms with E-state index in [0.29, 0.717) is 5.56 Å². The fourth-order valence-corrected chi connectivity index (χ4v) is 1.54. The van der Waals surface area contributed by atoms with Crippen molar-refractivity contribution in [1.82, 2.24) is 0 Å². The summed E-state index contributed by atoms with van der Waals surface area (Å²) in [4.78, 5) is 0. The minimum absolute atomic E-state index is 0.625. The van der Waals surface area contributed by atoms with E-state index >= 15 is 0 Å². The van der Waals surface area contributed by atoms with Gasteiger partial charge in [0.1, 0.15) is 5.37 Å². The number of hydrogen-bond acceptors (Lipinski definition) is 5. The Kier molecular flexibility index (Phi) is 6.18. The van der Waals surface area contributed by atoms with Crippen LogP contribution in [-0.2, 0) is 9.84 Å². The molecule has 1 aromatic rings. The molecular formula is C8H14BNO4S. The second-order valence-electron chi connectivity index (χ2n) is 2.80. The van der Waals surface area contributed by atoms with Gasteiger partial charge in [0.15, 0.2) is 9.84 Å². The summed E-state index contributed by atoms with van der Waals surface area (Å²) in [6.07, 6.45) is 1.13. The molecule has 0 aliphatic carbocycles. The van der Waals surface area contributed by atoms with Crippen molar-refractivity contribution < 1.29 is 18.5 Å². The highest BCUT2D eigenvalue weighted by molar-refractivity contribution is 7.90. The van der Waals surface area contributed by atoms with E-state index in [1.165, 1.54) is 0 Å². The highest BCUT2D eigenvalue weighted by atomic mass is 32.2. The lowest BCUT2D eigenvalue weighted by molar-refractivity contribution is 0.448. The Labute approximate surface area is 89.8 Å². The van der Waals surface area contributed by atoms with Crippen LogP contribution in [0.3, 0.4) is 0 Å². The monoisotopic (exact) mass is 231 g/mol. The van der Waals surface area contributed by atoms with Crippen molar-refractivity contribution in [3.63, 3.8) is 0 Å². The molecule has 7 heteroatoms. The third-order valence-electron chi connectivity index (χ3n) is 1.59. The molecule has 1 rings (SSSR count). The minimum atomic E-state index is -3.18. The van der Waals surface area contributed by atoms with Gasteiger partial charge in [-0.15, -0.1) is 0 Å². The predicted octanol–water partition coefficient (Wildman–Crippen LogP) is -1.07. The van der Waals surface area contributed by atoms with E-state index in [4.69, 9.17) is 15.8 Å². The van der Waals surface area contributed by atoms with Crippen LogP contribution < -0.4 is 5.73 Å². The normalized spacial score (nSPS) is 12.3. The first kappa shape index (κ1) is 14.1. The first-order chi connectivity index (χ1) is 6.93. The van der Waals surface area contributed by atoms with Crippen LogP contribution in [0.15, 0.2) is 30.3 Å². The Morgan fingerprint density at radius 1 is 1.27 bits per heavy atom. The first-order valence-corrected chi connectivity index (χ1v) is 6.10. The van der Waals surface area contributed by atoms with Crippen molar-refractivity contribution in [3.8, 4) is 0 Å². The fraction of sp³-hybridized carbons (Fsp3) is 0.250. The zero-order valence-electron chi connectivity index (χ0n) is 8.37. The van der Waals surface area contributed by atoms with Crippen LogP contribution in [-0.4, -0.2) is 32.4 Å². The van der Waals surface area contributed by atoms with Gasteiger partial charge in [0.2, 0.25) is 0 Å². The van der Waals surface area contributed by atoms with E-state index in [2.05, 4.69) is 0 Å². The van der Waals surface area contributed by atoms with E-state index in [0.717, 1.165) is 6.26 Å². The smallest absolute Gasteiger partial charge is 0.430 e. The summed E-state index contributed by atoms with van der Waals surface area (Å²) in [6, 6.07) is 8.75. The molecule has 1 unspecified atom stereocenters. The fourth-order valence-electron chi connectivity index (χ4n) is 0.890. The minimum Gasteiger partial charge on any atom is -0.430 e. The Hall–Kier alpha value is -0.885. The molecule has 0 aliphatic rings. The van der Waals surface area contributed by atoms with Gasteiger partial charge in [-0.1, -0.05) is 30.3 Å². The maximum absolute atomic E-state index is 11.0. The summed E-state index contributed by atoms with van der Waals surface area (Å²) in [6.45, 7) is 0. The van der Waals surface area contributed by atoms with Gasteiger partial charge in [0.25, 0.3) is 0 Å². The van der Waals surface area contributed by atoms with Crippen LogP contribution in [0.25, 0.3) is 0 Å². The Bertz CT molecular complexity index is 367.